The maximum absolute atomic E-state index is 13.4. The summed E-state index contributed by atoms with van der Waals surface area (Å²) in [5, 5.41) is 4.16. The Hall–Kier alpha value is -1.16. The van der Waals surface area contributed by atoms with Crippen molar-refractivity contribution < 1.29 is 4.39 Å². The van der Waals surface area contributed by atoms with Gasteiger partial charge in [-0.2, -0.15) is 0 Å². The molecule has 0 bridgehead atoms. The van der Waals surface area contributed by atoms with Gasteiger partial charge in [0.1, 0.15) is 11.6 Å². The summed E-state index contributed by atoms with van der Waals surface area (Å²) in [6.45, 7) is 4.92. The normalized spacial score (nSPS) is 10.8. The van der Waals surface area contributed by atoms with Crippen LogP contribution in [0.5, 0.6) is 0 Å². The van der Waals surface area contributed by atoms with Crippen molar-refractivity contribution in [3.05, 3.63) is 34.1 Å². The summed E-state index contributed by atoms with van der Waals surface area (Å²) in [5.74, 6) is 0.570. The number of hydrogen-bond donors (Lipinski definition) is 1. The van der Waals surface area contributed by atoms with Gasteiger partial charge in [-0.1, -0.05) is 6.92 Å². The molecule has 17 heavy (non-hydrogen) atoms. The minimum absolute atomic E-state index is 0.281. The van der Waals surface area contributed by atoms with E-state index in [-0.39, 0.29) is 5.82 Å². The minimum Gasteiger partial charge on any atom is -0.370 e. The van der Waals surface area contributed by atoms with E-state index in [0.29, 0.717) is 9.99 Å². The number of aryl methyl sites for hydroxylation is 1. The topological polar surface area (TPSA) is 24.9 Å². The second-order valence-corrected chi connectivity index (χ2v) is 4.69. The van der Waals surface area contributed by atoms with Crippen LogP contribution in [0, 0.1) is 5.82 Å². The number of rotatable bonds is 3. The van der Waals surface area contributed by atoms with Gasteiger partial charge in [-0.05, 0) is 47.0 Å². The standard InChI is InChI=1S/C13H14BrFN2/c1-3-8-5-9-6-10(14)11(15)7-12(9)17-13(8)16-4-2/h5-7H,3-4H2,1-2H3,(H,16,17). The highest BCUT2D eigenvalue weighted by atomic mass is 79.9. The second-order valence-electron chi connectivity index (χ2n) is 3.84. The largest absolute Gasteiger partial charge is 0.370 e. The zero-order valence-corrected chi connectivity index (χ0v) is 11.4. The van der Waals surface area contributed by atoms with Crippen molar-refractivity contribution in [2.45, 2.75) is 20.3 Å². The molecule has 2 nitrogen and oxygen atoms in total. The third kappa shape index (κ3) is 2.41. The summed E-state index contributed by atoms with van der Waals surface area (Å²) >= 11 is 3.19. The van der Waals surface area contributed by atoms with Crippen molar-refractivity contribution >= 4 is 32.7 Å². The average molecular weight is 297 g/mol. The molecule has 1 N–H and O–H groups in total. The van der Waals surface area contributed by atoms with Crippen LogP contribution in [0.3, 0.4) is 0 Å². The molecule has 0 unspecified atom stereocenters. The Kier molecular flexibility index (Phi) is 3.62. The van der Waals surface area contributed by atoms with Gasteiger partial charge in [0, 0.05) is 18.0 Å². The van der Waals surface area contributed by atoms with Gasteiger partial charge >= 0.3 is 0 Å². The lowest BCUT2D eigenvalue weighted by Crippen LogP contribution is -2.03. The van der Waals surface area contributed by atoms with Crippen LogP contribution in [-0.4, -0.2) is 11.5 Å². The highest BCUT2D eigenvalue weighted by Crippen LogP contribution is 2.26. The second kappa shape index (κ2) is 5.00. The molecular formula is C13H14BrFN2. The molecule has 2 aromatic rings. The predicted octanol–water partition coefficient (Wildman–Crippen LogP) is 4.13. The molecule has 2 rings (SSSR count). The summed E-state index contributed by atoms with van der Waals surface area (Å²) in [5.41, 5.74) is 1.83. The third-order valence-corrected chi connectivity index (χ3v) is 3.27. The zero-order valence-electron chi connectivity index (χ0n) is 9.85. The lowest BCUT2D eigenvalue weighted by molar-refractivity contribution is 0.623. The molecule has 0 spiro atoms. The first-order valence-corrected chi connectivity index (χ1v) is 6.47. The van der Waals surface area contributed by atoms with Gasteiger partial charge in [-0.25, -0.2) is 9.37 Å². The summed E-state index contributed by atoms with van der Waals surface area (Å²) < 4.78 is 13.9. The monoisotopic (exact) mass is 296 g/mol. The van der Waals surface area contributed by atoms with E-state index in [1.165, 1.54) is 6.07 Å². The van der Waals surface area contributed by atoms with Crippen molar-refractivity contribution in [2.24, 2.45) is 0 Å². The molecule has 4 heteroatoms. The summed E-state index contributed by atoms with van der Waals surface area (Å²) in [7, 11) is 0. The number of halogens is 2. The van der Waals surface area contributed by atoms with E-state index in [2.05, 4.69) is 39.2 Å². The van der Waals surface area contributed by atoms with Crippen molar-refractivity contribution in [2.75, 3.05) is 11.9 Å². The van der Waals surface area contributed by atoms with Gasteiger partial charge in [0.05, 0.1) is 9.99 Å². The SMILES string of the molecule is CCNc1nc2cc(F)c(Br)cc2cc1CC. The lowest BCUT2D eigenvalue weighted by Gasteiger charge is -2.10. The fraction of sp³-hybridized carbons (Fsp3) is 0.308. The van der Waals surface area contributed by atoms with Crippen molar-refractivity contribution in [1.29, 1.82) is 0 Å². The Morgan fingerprint density at radius 3 is 2.71 bits per heavy atom. The molecule has 0 aliphatic heterocycles. The molecule has 0 aliphatic carbocycles. The number of nitrogens with one attached hydrogen (secondary N) is 1. The maximum Gasteiger partial charge on any atom is 0.139 e. The van der Waals surface area contributed by atoms with Crippen molar-refractivity contribution in [3.8, 4) is 0 Å². The van der Waals surface area contributed by atoms with Crippen LogP contribution in [0.25, 0.3) is 10.9 Å². The average Bonchev–Trinajstić information content (AvgIpc) is 2.31. The molecule has 90 valence electrons. The molecule has 1 aromatic heterocycles. The van der Waals surface area contributed by atoms with E-state index in [1.807, 2.05) is 6.92 Å². The van der Waals surface area contributed by atoms with Gasteiger partial charge in [0.25, 0.3) is 0 Å². The fourth-order valence-corrected chi connectivity index (χ4v) is 2.16. The Labute approximate surface area is 108 Å². The van der Waals surface area contributed by atoms with E-state index in [4.69, 9.17) is 0 Å². The van der Waals surface area contributed by atoms with Crippen LogP contribution in [0.2, 0.25) is 0 Å². The first-order chi connectivity index (χ1) is 8.15. The molecule has 0 atom stereocenters. The number of anilines is 1. The van der Waals surface area contributed by atoms with E-state index in [1.54, 1.807) is 6.07 Å². The van der Waals surface area contributed by atoms with Crippen LogP contribution in [0.15, 0.2) is 22.7 Å². The summed E-state index contributed by atoms with van der Waals surface area (Å²) in [6, 6.07) is 5.29. The van der Waals surface area contributed by atoms with E-state index in [0.717, 1.165) is 29.7 Å². The highest BCUT2D eigenvalue weighted by molar-refractivity contribution is 9.10. The summed E-state index contributed by atoms with van der Waals surface area (Å²) in [6.07, 6.45) is 0.903. The fourth-order valence-electron chi connectivity index (χ4n) is 1.80. The van der Waals surface area contributed by atoms with Crippen LogP contribution in [-0.2, 0) is 6.42 Å². The number of aromatic nitrogens is 1. The van der Waals surface area contributed by atoms with Gasteiger partial charge in [0.15, 0.2) is 0 Å². The Morgan fingerprint density at radius 2 is 2.06 bits per heavy atom. The zero-order chi connectivity index (χ0) is 12.4. The number of fused-ring (bicyclic) bond motifs is 1. The summed E-state index contributed by atoms with van der Waals surface area (Å²) in [4.78, 5) is 4.47. The first-order valence-electron chi connectivity index (χ1n) is 5.68. The van der Waals surface area contributed by atoms with Crippen LogP contribution >= 0.6 is 15.9 Å². The van der Waals surface area contributed by atoms with E-state index >= 15 is 0 Å². The van der Waals surface area contributed by atoms with Crippen LogP contribution in [0.4, 0.5) is 10.2 Å². The molecule has 0 radical (unpaired) electrons. The minimum atomic E-state index is -0.281. The molecule has 0 saturated carbocycles. The number of hydrogen-bond acceptors (Lipinski definition) is 2. The van der Waals surface area contributed by atoms with Gasteiger partial charge < -0.3 is 5.32 Å². The third-order valence-electron chi connectivity index (χ3n) is 2.66. The quantitative estimate of drug-likeness (QED) is 0.921. The molecule has 0 amide bonds. The number of benzene rings is 1. The molecule has 0 aliphatic rings. The van der Waals surface area contributed by atoms with Gasteiger partial charge in [-0.3, -0.25) is 0 Å². The highest BCUT2D eigenvalue weighted by Gasteiger charge is 2.08. The van der Waals surface area contributed by atoms with Crippen molar-refractivity contribution in [3.63, 3.8) is 0 Å². The number of pyridine rings is 1. The molecule has 1 heterocycles. The Bertz CT molecular complexity index is 555. The van der Waals surface area contributed by atoms with E-state index < -0.39 is 0 Å². The predicted molar refractivity (Wildman–Crippen MR) is 72.9 cm³/mol. The smallest absolute Gasteiger partial charge is 0.139 e. The molecular weight excluding hydrogens is 283 g/mol. The molecule has 0 saturated heterocycles. The van der Waals surface area contributed by atoms with E-state index in [9.17, 15) is 4.39 Å². The Morgan fingerprint density at radius 1 is 1.29 bits per heavy atom. The van der Waals surface area contributed by atoms with Gasteiger partial charge in [0.2, 0.25) is 0 Å². The maximum atomic E-state index is 13.4. The first kappa shape index (κ1) is 12.3. The van der Waals surface area contributed by atoms with Crippen LogP contribution in [0.1, 0.15) is 19.4 Å². The molecule has 0 fully saturated rings. The lowest BCUT2D eigenvalue weighted by atomic mass is 10.1. The number of nitrogens with zero attached hydrogens (tertiary/aromatic N) is 1. The Balaban J connectivity index is 2.65. The van der Waals surface area contributed by atoms with Crippen molar-refractivity contribution in [1.82, 2.24) is 4.98 Å². The van der Waals surface area contributed by atoms with Gasteiger partial charge in [-0.15, -0.1) is 0 Å². The molecule has 1 aromatic carbocycles. The van der Waals surface area contributed by atoms with Crippen LogP contribution < -0.4 is 5.32 Å².